The van der Waals surface area contributed by atoms with Gasteiger partial charge >= 0.3 is 0 Å². The van der Waals surface area contributed by atoms with Crippen LogP contribution in [0.25, 0.3) is 11.0 Å². The summed E-state index contributed by atoms with van der Waals surface area (Å²) in [6, 6.07) is 3.21. The summed E-state index contributed by atoms with van der Waals surface area (Å²) in [5.41, 5.74) is 12.1. The number of rotatable bonds is 2. The SMILES string of the molecule is Cl.Nc1nccc2oc(CN3CC[C@H](N)C3=O)cc12. The van der Waals surface area contributed by atoms with Crippen LogP contribution in [0, 0.1) is 0 Å². The third kappa shape index (κ3) is 2.36. The highest BCUT2D eigenvalue weighted by atomic mass is 35.5. The average Bonchev–Trinajstić information content (AvgIpc) is 2.89. The molecule has 1 atom stereocenters. The van der Waals surface area contributed by atoms with Gasteiger partial charge in [-0.25, -0.2) is 4.98 Å². The highest BCUT2D eigenvalue weighted by molar-refractivity contribution is 5.87. The smallest absolute Gasteiger partial charge is 0.239 e. The third-order valence-corrected chi connectivity index (χ3v) is 3.21. The van der Waals surface area contributed by atoms with Crippen molar-refractivity contribution in [3.8, 4) is 0 Å². The number of nitrogen functional groups attached to an aromatic ring is 1. The Balaban J connectivity index is 0.00000133. The zero-order chi connectivity index (χ0) is 12.7. The maximum absolute atomic E-state index is 11.7. The van der Waals surface area contributed by atoms with E-state index in [1.807, 2.05) is 6.07 Å². The number of halogens is 1. The number of nitrogens with zero attached hydrogens (tertiary/aromatic N) is 2. The zero-order valence-corrected chi connectivity index (χ0v) is 11.0. The number of likely N-dealkylation sites (tertiary alicyclic amines) is 1. The van der Waals surface area contributed by atoms with Crippen molar-refractivity contribution in [1.29, 1.82) is 0 Å². The Morgan fingerprint density at radius 3 is 2.95 bits per heavy atom. The van der Waals surface area contributed by atoms with Crippen LogP contribution in [-0.4, -0.2) is 28.4 Å². The first-order valence-corrected chi connectivity index (χ1v) is 5.82. The summed E-state index contributed by atoms with van der Waals surface area (Å²) in [5, 5.41) is 0.781. The van der Waals surface area contributed by atoms with Crippen molar-refractivity contribution < 1.29 is 9.21 Å². The lowest BCUT2D eigenvalue weighted by atomic mass is 10.3. The van der Waals surface area contributed by atoms with Crippen LogP contribution in [0.2, 0.25) is 0 Å². The summed E-state index contributed by atoms with van der Waals surface area (Å²) in [4.78, 5) is 17.4. The van der Waals surface area contributed by atoms with E-state index in [0.717, 1.165) is 5.39 Å². The molecule has 0 saturated carbocycles. The summed E-state index contributed by atoms with van der Waals surface area (Å²) >= 11 is 0. The van der Waals surface area contributed by atoms with Gasteiger partial charge in [-0.2, -0.15) is 0 Å². The predicted octanol–water partition coefficient (Wildman–Crippen LogP) is 0.891. The molecule has 1 aliphatic rings. The van der Waals surface area contributed by atoms with Crippen LogP contribution in [-0.2, 0) is 11.3 Å². The maximum Gasteiger partial charge on any atom is 0.239 e. The fourth-order valence-electron chi connectivity index (χ4n) is 2.22. The Kier molecular flexibility index (Phi) is 3.64. The van der Waals surface area contributed by atoms with E-state index in [1.54, 1.807) is 17.2 Å². The van der Waals surface area contributed by atoms with Crippen molar-refractivity contribution in [2.75, 3.05) is 12.3 Å². The highest BCUT2D eigenvalue weighted by Gasteiger charge is 2.29. The van der Waals surface area contributed by atoms with Crippen molar-refractivity contribution >= 4 is 35.1 Å². The van der Waals surface area contributed by atoms with Gasteiger partial charge in [-0.05, 0) is 18.6 Å². The number of amides is 1. The van der Waals surface area contributed by atoms with Gasteiger partial charge in [0.2, 0.25) is 5.91 Å². The van der Waals surface area contributed by atoms with Gasteiger partial charge in [0.1, 0.15) is 17.2 Å². The van der Waals surface area contributed by atoms with E-state index in [-0.39, 0.29) is 24.4 Å². The van der Waals surface area contributed by atoms with Crippen LogP contribution in [0.4, 0.5) is 5.82 Å². The molecule has 3 heterocycles. The van der Waals surface area contributed by atoms with Gasteiger partial charge in [0.15, 0.2) is 0 Å². The van der Waals surface area contributed by atoms with E-state index in [4.69, 9.17) is 15.9 Å². The van der Waals surface area contributed by atoms with Crippen molar-refractivity contribution in [1.82, 2.24) is 9.88 Å². The number of anilines is 1. The van der Waals surface area contributed by atoms with E-state index in [2.05, 4.69) is 4.98 Å². The second-order valence-electron chi connectivity index (χ2n) is 4.48. The minimum absolute atomic E-state index is 0. The summed E-state index contributed by atoms with van der Waals surface area (Å²) < 4.78 is 5.64. The molecule has 0 bridgehead atoms. The topological polar surface area (TPSA) is 98.4 Å². The predicted molar refractivity (Wildman–Crippen MR) is 73.7 cm³/mol. The van der Waals surface area contributed by atoms with Crippen molar-refractivity contribution in [2.24, 2.45) is 5.73 Å². The molecule has 1 fully saturated rings. The second-order valence-corrected chi connectivity index (χ2v) is 4.48. The quantitative estimate of drug-likeness (QED) is 0.852. The molecule has 1 amide bonds. The van der Waals surface area contributed by atoms with E-state index in [1.165, 1.54) is 0 Å². The summed E-state index contributed by atoms with van der Waals surface area (Å²) in [6.45, 7) is 1.10. The molecule has 0 spiro atoms. The average molecular weight is 283 g/mol. The summed E-state index contributed by atoms with van der Waals surface area (Å²) in [7, 11) is 0. The van der Waals surface area contributed by atoms with Gasteiger partial charge in [-0.1, -0.05) is 0 Å². The van der Waals surface area contributed by atoms with Gasteiger partial charge in [-0.15, -0.1) is 12.4 Å². The lowest BCUT2D eigenvalue weighted by Gasteiger charge is -2.13. The molecule has 1 aliphatic heterocycles. The maximum atomic E-state index is 11.7. The number of fused-ring (bicyclic) bond motifs is 1. The normalized spacial score (nSPS) is 18.9. The molecule has 7 heteroatoms. The van der Waals surface area contributed by atoms with Crippen molar-refractivity contribution in [2.45, 2.75) is 19.0 Å². The summed E-state index contributed by atoms with van der Waals surface area (Å²) in [5.74, 6) is 1.11. The van der Waals surface area contributed by atoms with E-state index in [0.29, 0.717) is 36.7 Å². The van der Waals surface area contributed by atoms with Crippen LogP contribution >= 0.6 is 12.4 Å². The Hall–Kier alpha value is -1.79. The Bertz CT molecular complexity index is 613. The fourth-order valence-corrected chi connectivity index (χ4v) is 2.22. The van der Waals surface area contributed by atoms with Gasteiger partial charge in [0, 0.05) is 12.7 Å². The van der Waals surface area contributed by atoms with Gasteiger partial charge in [0.05, 0.1) is 18.0 Å². The van der Waals surface area contributed by atoms with Gasteiger partial charge < -0.3 is 20.8 Å². The van der Waals surface area contributed by atoms with Gasteiger partial charge in [-0.3, -0.25) is 4.79 Å². The number of nitrogens with two attached hydrogens (primary N) is 2. The molecule has 0 aliphatic carbocycles. The molecule has 6 nitrogen and oxygen atoms in total. The second kappa shape index (κ2) is 5.07. The number of carbonyl (C=O) groups is 1. The molecule has 0 unspecified atom stereocenters. The number of pyridine rings is 1. The summed E-state index contributed by atoms with van der Waals surface area (Å²) in [6.07, 6.45) is 2.30. The molecule has 0 aromatic carbocycles. The molecule has 1 saturated heterocycles. The standard InChI is InChI=1S/C12H14N4O2.ClH/c13-9-2-4-16(12(9)17)6-7-5-8-10(18-7)1-3-15-11(8)14;/h1,3,5,9H,2,4,6,13H2,(H2,14,15);1H/t9-;/m0./s1. The van der Waals surface area contributed by atoms with Crippen LogP contribution in [0.5, 0.6) is 0 Å². The van der Waals surface area contributed by atoms with Crippen LogP contribution < -0.4 is 11.5 Å². The fraction of sp³-hybridized carbons (Fsp3) is 0.333. The largest absolute Gasteiger partial charge is 0.459 e. The first kappa shape index (κ1) is 13.6. The van der Waals surface area contributed by atoms with Crippen LogP contribution in [0.15, 0.2) is 22.7 Å². The van der Waals surface area contributed by atoms with E-state index < -0.39 is 0 Å². The minimum Gasteiger partial charge on any atom is -0.459 e. The number of hydrogen-bond donors (Lipinski definition) is 2. The number of hydrogen-bond acceptors (Lipinski definition) is 5. The van der Waals surface area contributed by atoms with Crippen LogP contribution in [0.3, 0.4) is 0 Å². The first-order chi connectivity index (χ1) is 8.65. The number of carbonyl (C=O) groups excluding carboxylic acids is 1. The molecule has 102 valence electrons. The monoisotopic (exact) mass is 282 g/mol. The van der Waals surface area contributed by atoms with Crippen molar-refractivity contribution in [3.05, 3.63) is 24.1 Å². The van der Waals surface area contributed by atoms with Crippen molar-refractivity contribution in [3.63, 3.8) is 0 Å². The molecule has 4 N–H and O–H groups in total. The Labute approximate surface area is 116 Å². The lowest BCUT2D eigenvalue weighted by molar-refractivity contribution is -0.129. The number of aromatic nitrogens is 1. The number of furan rings is 1. The molecular weight excluding hydrogens is 268 g/mol. The Morgan fingerprint density at radius 2 is 2.32 bits per heavy atom. The van der Waals surface area contributed by atoms with E-state index in [9.17, 15) is 4.79 Å². The highest BCUT2D eigenvalue weighted by Crippen LogP contribution is 2.24. The van der Waals surface area contributed by atoms with E-state index >= 15 is 0 Å². The minimum atomic E-state index is -0.374. The molecule has 2 aromatic heterocycles. The molecule has 3 rings (SSSR count). The Morgan fingerprint density at radius 1 is 1.53 bits per heavy atom. The molecule has 2 aromatic rings. The molecule has 19 heavy (non-hydrogen) atoms. The molecular formula is C12H15ClN4O2. The van der Waals surface area contributed by atoms with Gasteiger partial charge in [0.25, 0.3) is 0 Å². The first-order valence-electron chi connectivity index (χ1n) is 5.82. The zero-order valence-electron chi connectivity index (χ0n) is 10.2. The van der Waals surface area contributed by atoms with Crippen LogP contribution in [0.1, 0.15) is 12.2 Å². The molecule has 0 radical (unpaired) electrons. The lowest BCUT2D eigenvalue weighted by Crippen LogP contribution is -2.33. The third-order valence-electron chi connectivity index (χ3n) is 3.21.